The molecule has 1 fully saturated rings. The van der Waals surface area contributed by atoms with Gasteiger partial charge in [0.15, 0.2) is 0 Å². The molecule has 0 atom stereocenters. The number of rotatable bonds is 8. The number of carbonyl (C=O) groups is 2. The van der Waals surface area contributed by atoms with E-state index in [-0.39, 0.29) is 17.8 Å². The molecule has 3 aromatic rings. The Morgan fingerprint density at radius 1 is 0.868 bits per heavy atom. The SMILES string of the molecule is COC(=O)/C(C)=C/c1cccc(N(Cc2ccc(-c3ccc(N(C)C)cc3)cc2)C(=O)C2CCCCC2)c1. The van der Waals surface area contributed by atoms with Crippen molar-refractivity contribution in [3.8, 4) is 11.1 Å². The lowest BCUT2D eigenvalue weighted by Gasteiger charge is -2.30. The first-order valence-electron chi connectivity index (χ1n) is 13.4. The van der Waals surface area contributed by atoms with Gasteiger partial charge in [-0.3, -0.25) is 4.79 Å². The monoisotopic (exact) mass is 510 g/mol. The molecule has 0 bridgehead atoms. The molecular formula is C33H38N2O3. The van der Waals surface area contributed by atoms with Crippen molar-refractivity contribution in [2.45, 2.75) is 45.6 Å². The van der Waals surface area contributed by atoms with Crippen LogP contribution in [0.5, 0.6) is 0 Å². The van der Waals surface area contributed by atoms with Crippen LogP contribution in [0.3, 0.4) is 0 Å². The number of carbonyl (C=O) groups excluding carboxylic acids is 2. The molecule has 1 saturated carbocycles. The van der Waals surface area contributed by atoms with Crippen LogP contribution in [0.25, 0.3) is 17.2 Å². The third-order valence-corrected chi connectivity index (χ3v) is 7.30. The molecule has 1 amide bonds. The Hall–Kier alpha value is -3.86. The highest BCUT2D eigenvalue weighted by atomic mass is 16.5. The predicted octanol–water partition coefficient (Wildman–Crippen LogP) is 7.11. The van der Waals surface area contributed by atoms with Crippen molar-refractivity contribution in [3.63, 3.8) is 0 Å². The molecule has 3 aromatic carbocycles. The van der Waals surface area contributed by atoms with Crippen LogP contribution in [-0.4, -0.2) is 33.1 Å². The van der Waals surface area contributed by atoms with Gasteiger partial charge in [0.25, 0.3) is 0 Å². The summed E-state index contributed by atoms with van der Waals surface area (Å²) < 4.78 is 4.84. The molecule has 38 heavy (non-hydrogen) atoms. The fraction of sp³-hybridized carbons (Fsp3) is 0.333. The van der Waals surface area contributed by atoms with Crippen LogP contribution >= 0.6 is 0 Å². The van der Waals surface area contributed by atoms with Gasteiger partial charge in [0.1, 0.15) is 0 Å². The van der Waals surface area contributed by atoms with E-state index in [1.54, 1.807) is 13.0 Å². The van der Waals surface area contributed by atoms with Crippen molar-refractivity contribution in [2.24, 2.45) is 5.92 Å². The number of ether oxygens (including phenoxy) is 1. The molecule has 5 nitrogen and oxygen atoms in total. The lowest BCUT2D eigenvalue weighted by molar-refractivity contribution is -0.135. The van der Waals surface area contributed by atoms with Crippen LogP contribution < -0.4 is 9.80 Å². The average molecular weight is 511 g/mol. The lowest BCUT2D eigenvalue weighted by Crippen LogP contribution is -2.36. The first kappa shape index (κ1) is 27.2. The molecule has 0 aliphatic heterocycles. The van der Waals surface area contributed by atoms with Crippen LogP contribution in [0.15, 0.2) is 78.4 Å². The fourth-order valence-electron chi connectivity index (χ4n) is 5.06. The van der Waals surface area contributed by atoms with Gasteiger partial charge in [-0.25, -0.2) is 4.79 Å². The van der Waals surface area contributed by atoms with Gasteiger partial charge in [-0.15, -0.1) is 0 Å². The van der Waals surface area contributed by atoms with Gasteiger partial charge in [0.05, 0.1) is 13.7 Å². The molecule has 1 aliphatic rings. The standard InChI is InChI=1S/C33H38N2O3/c1-24(33(37)38-4)21-26-9-8-12-31(22-26)35(32(36)29-10-6-5-7-11-29)23-25-13-15-27(16-14-25)28-17-19-30(20-18-28)34(2)3/h8-9,12-22,29H,5-7,10-11,23H2,1-4H3/b24-21+. The molecule has 5 heteroatoms. The van der Waals surface area contributed by atoms with Gasteiger partial charge in [-0.05, 0) is 72.4 Å². The zero-order valence-electron chi connectivity index (χ0n) is 22.9. The van der Waals surface area contributed by atoms with E-state index < -0.39 is 0 Å². The van der Waals surface area contributed by atoms with Gasteiger partial charge in [-0.1, -0.05) is 67.8 Å². The van der Waals surface area contributed by atoms with Gasteiger partial charge in [0, 0.05) is 37.0 Å². The van der Waals surface area contributed by atoms with E-state index in [4.69, 9.17) is 4.74 Å². The van der Waals surface area contributed by atoms with Gasteiger partial charge in [0.2, 0.25) is 5.91 Å². The van der Waals surface area contributed by atoms with E-state index in [0.717, 1.165) is 53.6 Å². The first-order valence-corrected chi connectivity index (χ1v) is 13.4. The predicted molar refractivity (Wildman–Crippen MR) is 156 cm³/mol. The number of nitrogens with zero attached hydrogens (tertiary/aromatic N) is 2. The molecule has 0 saturated heterocycles. The van der Waals surface area contributed by atoms with Crippen molar-refractivity contribution in [3.05, 3.63) is 89.5 Å². The molecular weight excluding hydrogens is 472 g/mol. The molecule has 1 aliphatic carbocycles. The van der Waals surface area contributed by atoms with Gasteiger partial charge < -0.3 is 14.5 Å². The summed E-state index contributed by atoms with van der Waals surface area (Å²) in [4.78, 5) is 29.7. The summed E-state index contributed by atoms with van der Waals surface area (Å²) in [5, 5.41) is 0. The van der Waals surface area contributed by atoms with E-state index in [1.807, 2.05) is 43.3 Å². The van der Waals surface area contributed by atoms with Crippen molar-refractivity contribution < 1.29 is 14.3 Å². The average Bonchev–Trinajstić information content (AvgIpc) is 2.96. The summed E-state index contributed by atoms with van der Waals surface area (Å²) in [6.45, 7) is 2.23. The molecule has 0 N–H and O–H groups in total. The van der Waals surface area contributed by atoms with Crippen molar-refractivity contribution in [1.82, 2.24) is 0 Å². The Morgan fingerprint density at radius 3 is 2.11 bits per heavy atom. The van der Waals surface area contributed by atoms with Crippen molar-refractivity contribution in [1.29, 1.82) is 0 Å². The molecule has 198 valence electrons. The van der Waals surface area contributed by atoms with E-state index in [0.29, 0.717) is 12.1 Å². The highest BCUT2D eigenvalue weighted by Crippen LogP contribution is 2.30. The summed E-state index contributed by atoms with van der Waals surface area (Å²) in [5.74, 6) is -0.130. The summed E-state index contributed by atoms with van der Waals surface area (Å²) in [7, 11) is 5.46. The largest absolute Gasteiger partial charge is 0.466 e. The maximum absolute atomic E-state index is 13.8. The van der Waals surface area contributed by atoms with E-state index in [1.165, 1.54) is 19.2 Å². The number of hydrogen-bond donors (Lipinski definition) is 0. The minimum absolute atomic E-state index is 0.0502. The number of amides is 1. The van der Waals surface area contributed by atoms with E-state index in [9.17, 15) is 9.59 Å². The second kappa shape index (κ2) is 12.6. The second-order valence-corrected chi connectivity index (χ2v) is 10.3. The summed E-state index contributed by atoms with van der Waals surface area (Å²) in [6.07, 6.45) is 7.10. The van der Waals surface area contributed by atoms with Crippen molar-refractivity contribution in [2.75, 3.05) is 31.0 Å². The maximum Gasteiger partial charge on any atom is 0.333 e. The highest BCUT2D eigenvalue weighted by molar-refractivity contribution is 5.96. The van der Waals surface area contributed by atoms with Crippen LogP contribution in [0.2, 0.25) is 0 Å². The normalized spacial score (nSPS) is 14.2. The van der Waals surface area contributed by atoms with Crippen LogP contribution in [0.1, 0.15) is 50.2 Å². The fourth-order valence-corrected chi connectivity index (χ4v) is 5.06. The summed E-state index contributed by atoms with van der Waals surface area (Å²) >= 11 is 0. The Morgan fingerprint density at radius 2 is 1.50 bits per heavy atom. The highest BCUT2D eigenvalue weighted by Gasteiger charge is 2.27. The summed E-state index contributed by atoms with van der Waals surface area (Å²) in [6, 6.07) is 24.8. The third-order valence-electron chi connectivity index (χ3n) is 7.30. The number of anilines is 2. The zero-order valence-corrected chi connectivity index (χ0v) is 22.9. The number of hydrogen-bond acceptors (Lipinski definition) is 4. The van der Waals surface area contributed by atoms with E-state index in [2.05, 4.69) is 53.4 Å². The Bertz CT molecular complexity index is 1270. The van der Waals surface area contributed by atoms with Crippen LogP contribution in [0.4, 0.5) is 11.4 Å². The molecule has 0 spiro atoms. The Kier molecular flexibility index (Phi) is 9.01. The zero-order chi connectivity index (χ0) is 27.1. The van der Waals surface area contributed by atoms with Crippen LogP contribution in [0, 0.1) is 5.92 Å². The molecule has 4 rings (SSSR count). The minimum atomic E-state index is -0.359. The first-order chi connectivity index (χ1) is 18.4. The molecule has 0 aromatic heterocycles. The maximum atomic E-state index is 13.8. The van der Waals surface area contributed by atoms with Gasteiger partial charge in [-0.2, -0.15) is 0 Å². The van der Waals surface area contributed by atoms with Gasteiger partial charge >= 0.3 is 5.97 Å². The second-order valence-electron chi connectivity index (χ2n) is 10.3. The smallest absolute Gasteiger partial charge is 0.333 e. The summed E-state index contributed by atoms with van der Waals surface area (Å²) in [5.41, 5.74) is 6.78. The Labute approximate surface area is 226 Å². The molecule has 0 heterocycles. The lowest BCUT2D eigenvalue weighted by atomic mass is 9.88. The van der Waals surface area contributed by atoms with Crippen molar-refractivity contribution >= 4 is 29.3 Å². The molecule has 0 radical (unpaired) electrons. The quantitative estimate of drug-likeness (QED) is 0.239. The minimum Gasteiger partial charge on any atom is -0.466 e. The molecule has 0 unspecified atom stereocenters. The third kappa shape index (κ3) is 6.71. The van der Waals surface area contributed by atoms with E-state index >= 15 is 0 Å². The topological polar surface area (TPSA) is 49.9 Å². The number of benzene rings is 3. The number of methoxy groups -OCH3 is 1. The number of esters is 1. The van der Waals surface area contributed by atoms with Crippen LogP contribution in [-0.2, 0) is 20.9 Å². The Balaban J connectivity index is 1.60.